The topological polar surface area (TPSA) is 64.9 Å². The van der Waals surface area contributed by atoms with E-state index in [1.165, 1.54) is 0 Å². The van der Waals surface area contributed by atoms with Crippen LogP contribution in [0.5, 0.6) is 0 Å². The Labute approximate surface area is 84.0 Å². The van der Waals surface area contributed by atoms with Crippen LogP contribution >= 0.6 is 0 Å². The molecule has 76 valence electrons. The normalized spacial score (nSPS) is 15.4. The van der Waals surface area contributed by atoms with Crippen molar-refractivity contribution in [2.75, 3.05) is 13.1 Å². The Hall–Kier alpha value is -1.34. The van der Waals surface area contributed by atoms with Crippen molar-refractivity contribution in [3.05, 3.63) is 12.2 Å². The van der Waals surface area contributed by atoms with Gasteiger partial charge in [-0.3, -0.25) is 4.79 Å². The van der Waals surface area contributed by atoms with Gasteiger partial charge in [-0.1, -0.05) is 12.2 Å². The first-order valence-corrected chi connectivity index (χ1v) is 4.85. The maximum Gasteiger partial charge on any atom is 0.233 e. The van der Waals surface area contributed by atoms with Crippen molar-refractivity contribution in [3.8, 4) is 6.07 Å². The Morgan fingerprint density at radius 1 is 1.50 bits per heavy atom. The molecule has 14 heavy (non-hydrogen) atoms. The third-order valence-electron chi connectivity index (χ3n) is 2.12. The van der Waals surface area contributed by atoms with Gasteiger partial charge in [0.25, 0.3) is 0 Å². The molecule has 0 aromatic rings. The molecule has 1 aliphatic rings. The van der Waals surface area contributed by atoms with E-state index in [0.29, 0.717) is 25.6 Å². The van der Waals surface area contributed by atoms with Crippen LogP contribution in [0.25, 0.3) is 0 Å². The Morgan fingerprint density at radius 3 is 2.86 bits per heavy atom. The van der Waals surface area contributed by atoms with E-state index in [2.05, 4.69) is 22.8 Å². The van der Waals surface area contributed by atoms with E-state index in [9.17, 15) is 4.79 Å². The number of nitriles is 1. The van der Waals surface area contributed by atoms with Gasteiger partial charge in [0.05, 0.1) is 19.0 Å². The van der Waals surface area contributed by atoms with Crippen molar-refractivity contribution in [2.45, 2.75) is 25.3 Å². The molecule has 2 N–H and O–H groups in total. The molecular formula is C10H15N3O. The average Bonchev–Trinajstić information content (AvgIpc) is 2.68. The monoisotopic (exact) mass is 193 g/mol. The molecule has 4 heteroatoms. The lowest BCUT2D eigenvalue weighted by Gasteiger charge is -2.11. The highest BCUT2D eigenvalue weighted by Gasteiger charge is 2.10. The van der Waals surface area contributed by atoms with Crippen molar-refractivity contribution in [3.63, 3.8) is 0 Å². The predicted molar refractivity (Wildman–Crippen MR) is 53.4 cm³/mol. The molecule has 1 rings (SSSR count). The van der Waals surface area contributed by atoms with Crippen LogP contribution in [-0.2, 0) is 4.79 Å². The number of hydrogen-bond donors (Lipinski definition) is 2. The van der Waals surface area contributed by atoms with Gasteiger partial charge in [0.15, 0.2) is 0 Å². The second kappa shape index (κ2) is 6.17. The quantitative estimate of drug-likeness (QED) is 0.488. The SMILES string of the molecule is N#CCCNC(=O)CNC1CC=CC1. The number of hydrogen-bond acceptors (Lipinski definition) is 3. The van der Waals surface area contributed by atoms with Gasteiger partial charge in [0.1, 0.15) is 0 Å². The lowest BCUT2D eigenvalue weighted by Crippen LogP contribution is -2.38. The van der Waals surface area contributed by atoms with Crippen molar-refractivity contribution in [1.29, 1.82) is 5.26 Å². The fourth-order valence-electron chi connectivity index (χ4n) is 1.34. The third-order valence-corrected chi connectivity index (χ3v) is 2.12. The Bertz CT molecular complexity index is 247. The van der Waals surface area contributed by atoms with Crippen molar-refractivity contribution >= 4 is 5.91 Å². The summed E-state index contributed by atoms with van der Waals surface area (Å²) in [5, 5.41) is 14.1. The van der Waals surface area contributed by atoms with E-state index >= 15 is 0 Å². The molecule has 0 spiro atoms. The second-order valence-corrected chi connectivity index (χ2v) is 3.28. The lowest BCUT2D eigenvalue weighted by atomic mass is 10.2. The highest BCUT2D eigenvalue weighted by Crippen LogP contribution is 2.08. The van der Waals surface area contributed by atoms with E-state index in [4.69, 9.17) is 5.26 Å². The van der Waals surface area contributed by atoms with Crippen LogP contribution in [0, 0.1) is 11.3 Å². The molecule has 1 aliphatic carbocycles. The highest BCUT2D eigenvalue weighted by atomic mass is 16.1. The van der Waals surface area contributed by atoms with Crippen LogP contribution in [0.3, 0.4) is 0 Å². The minimum Gasteiger partial charge on any atom is -0.354 e. The number of nitrogens with one attached hydrogen (secondary N) is 2. The van der Waals surface area contributed by atoms with Gasteiger partial charge in [0, 0.05) is 12.6 Å². The summed E-state index contributed by atoms with van der Waals surface area (Å²) in [4.78, 5) is 11.2. The van der Waals surface area contributed by atoms with Gasteiger partial charge in [-0.05, 0) is 12.8 Å². The van der Waals surface area contributed by atoms with E-state index < -0.39 is 0 Å². The van der Waals surface area contributed by atoms with Gasteiger partial charge >= 0.3 is 0 Å². The number of rotatable bonds is 5. The Morgan fingerprint density at radius 2 is 2.21 bits per heavy atom. The number of amides is 1. The first-order valence-electron chi connectivity index (χ1n) is 4.85. The molecule has 0 saturated carbocycles. The molecule has 0 fully saturated rings. The number of nitrogens with zero attached hydrogens (tertiary/aromatic N) is 1. The van der Waals surface area contributed by atoms with Crippen molar-refractivity contribution in [2.24, 2.45) is 0 Å². The summed E-state index contributed by atoms with van der Waals surface area (Å²) < 4.78 is 0. The maximum absolute atomic E-state index is 11.2. The van der Waals surface area contributed by atoms with Crippen LogP contribution in [0.4, 0.5) is 0 Å². The third kappa shape index (κ3) is 4.06. The average molecular weight is 193 g/mol. The smallest absolute Gasteiger partial charge is 0.233 e. The van der Waals surface area contributed by atoms with Crippen LogP contribution in [0.1, 0.15) is 19.3 Å². The molecule has 0 aliphatic heterocycles. The molecular weight excluding hydrogens is 178 g/mol. The van der Waals surface area contributed by atoms with Gasteiger partial charge in [-0.15, -0.1) is 0 Å². The first-order chi connectivity index (χ1) is 6.83. The zero-order valence-electron chi connectivity index (χ0n) is 8.12. The minimum absolute atomic E-state index is 0.0350. The van der Waals surface area contributed by atoms with E-state index in [1.807, 2.05) is 6.07 Å². The zero-order chi connectivity index (χ0) is 10.2. The molecule has 0 atom stereocenters. The summed E-state index contributed by atoms with van der Waals surface area (Å²) in [6, 6.07) is 2.39. The predicted octanol–water partition coefficient (Wildman–Crippen LogP) is 0.324. The fourth-order valence-corrected chi connectivity index (χ4v) is 1.34. The van der Waals surface area contributed by atoms with Crippen LogP contribution < -0.4 is 10.6 Å². The van der Waals surface area contributed by atoms with E-state index in [-0.39, 0.29) is 5.91 Å². The molecule has 0 bridgehead atoms. The molecule has 0 saturated heterocycles. The fraction of sp³-hybridized carbons (Fsp3) is 0.600. The van der Waals surface area contributed by atoms with E-state index in [0.717, 1.165) is 12.8 Å². The number of carbonyl (C=O) groups is 1. The molecule has 0 aromatic heterocycles. The molecule has 0 heterocycles. The summed E-state index contributed by atoms with van der Waals surface area (Å²) in [5.41, 5.74) is 0. The molecule has 0 aromatic carbocycles. The summed E-state index contributed by atoms with van der Waals surface area (Å²) >= 11 is 0. The lowest BCUT2D eigenvalue weighted by molar-refractivity contribution is -0.120. The van der Waals surface area contributed by atoms with Gasteiger partial charge in [0.2, 0.25) is 5.91 Å². The van der Waals surface area contributed by atoms with Crippen molar-refractivity contribution < 1.29 is 4.79 Å². The largest absolute Gasteiger partial charge is 0.354 e. The van der Waals surface area contributed by atoms with Crippen molar-refractivity contribution in [1.82, 2.24) is 10.6 Å². The Kier molecular flexibility index (Phi) is 4.73. The molecule has 1 amide bonds. The maximum atomic E-state index is 11.2. The first kappa shape index (κ1) is 10.7. The van der Waals surface area contributed by atoms with Gasteiger partial charge in [-0.2, -0.15) is 5.26 Å². The van der Waals surface area contributed by atoms with Gasteiger partial charge in [-0.25, -0.2) is 0 Å². The molecule has 0 unspecified atom stereocenters. The van der Waals surface area contributed by atoms with Crippen LogP contribution in [-0.4, -0.2) is 25.0 Å². The van der Waals surface area contributed by atoms with Crippen LogP contribution in [0.2, 0.25) is 0 Å². The van der Waals surface area contributed by atoms with Gasteiger partial charge < -0.3 is 10.6 Å². The minimum atomic E-state index is -0.0350. The summed E-state index contributed by atoms with van der Waals surface area (Å²) in [6.45, 7) is 0.789. The standard InChI is InChI=1S/C10H15N3O/c11-6-3-7-12-10(14)8-13-9-4-1-2-5-9/h1-2,9,13H,3-5,7-8H2,(H,12,14). The second-order valence-electron chi connectivity index (χ2n) is 3.28. The molecule has 4 nitrogen and oxygen atoms in total. The highest BCUT2D eigenvalue weighted by molar-refractivity contribution is 5.78. The molecule has 0 radical (unpaired) electrons. The van der Waals surface area contributed by atoms with E-state index in [1.54, 1.807) is 0 Å². The van der Waals surface area contributed by atoms with Crippen LogP contribution in [0.15, 0.2) is 12.2 Å². The summed E-state index contributed by atoms with van der Waals surface area (Å²) in [5.74, 6) is -0.0350. The summed E-state index contributed by atoms with van der Waals surface area (Å²) in [7, 11) is 0. The number of carbonyl (C=O) groups excluding carboxylic acids is 1. The summed E-state index contributed by atoms with van der Waals surface area (Å²) in [6.07, 6.45) is 6.62. The Balaban J connectivity index is 2.00. The zero-order valence-corrected chi connectivity index (χ0v) is 8.12.